The van der Waals surface area contributed by atoms with Crippen LogP contribution in [0.4, 0.5) is 0 Å². The SMILES string of the molecule is CCCNC(=O)[C@H](C)OC(=O)c1cc2c(C)nn(Cc3ccc(C)cc3)c2s1. The number of thiophene rings is 1. The normalized spacial score (nSPS) is 12.1. The first-order valence-corrected chi connectivity index (χ1v) is 10.2. The van der Waals surface area contributed by atoms with Gasteiger partial charge in [-0.05, 0) is 38.8 Å². The molecule has 2 aromatic heterocycles. The van der Waals surface area contributed by atoms with Crippen LogP contribution in [-0.2, 0) is 16.1 Å². The molecule has 0 radical (unpaired) electrons. The van der Waals surface area contributed by atoms with Crippen LogP contribution in [0.2, 0.25) is 0 Å². The maximum Gasteiger partial charge on any atom is 0.349 e. The summed E-state index contributed by atoms with van der Waals surface area (Å²) in [5, 5.41) is 8.27. The van der Waals surface area contributed by atoms with Gasteiger partial charge in [-0.15, -0.1) is 11.3 Å². The predicted octanol–water partition coefficient (Wildman–Crippen LogP) is 3.83. The van der Waals surface area contributed by atoms with Gasteiger partial charge in [0.05, 0.1) is 12.2 Å². The standard InChI is InChI=1S/C21H25N3O3S/c1-5-10-22-19(25)15(4)27-21(26)18-11-17-14(3)23-24(20(17)28-18)12-16-8-6-13(2)7-9-16/h6-9,11,15H,5,10,12H2,1-4H3,(H,22,25)/t15-/m0/s1. The van der Waals surface area contributed by atoms with E-state index < -0.39 is 12.1 Å². The van der Waals surface area contributed by atoms with E-state index in [0.29, 0.717) is 18.0 Å². The Morgan fingerprint density at radius 2 is 1.96 bits per heavy atom. The summed E-state index contributed by atoms with van der Waals surface area (Å²) in [7, 11) is 0. The molecule has 0 fully saturated rings. The van der Waals surface area contributed by atoms with E-state index in [0.717, 1.165) is 27.9 Å². The van der Waals surface area contributed by atoms with E-state index >= 15 is 0 Å². The average molecular weight is 400 g/mol. The number of aryl methyl sites for hydroxylation is 2. The summed E-state index contributed by atoms with van der Waals surface area (Å²) in [6.07, 6.45) is 0.00820. The molecule has 3 aromatic rings. The summed E-state index contributed by atoms with van der Waals surface area (Å²) >= 11 is 1.34. The van der Waals surface area contributed by atoms with Gasteiger partial charge >= 0.3 is 5.97 Å². The van der Waals surface area contributed by atoms with Crippen molar-refractivity contribution in [1.82, 2.24) is 15.1 Å². The van der Waals surface area contributed by atoms with Crippen molar-refractivity contribution in [3.63, 3.8) is 0 Å². The maximum absolute atomic E-state index is 12.5. The molecule has 0 bridgehead atoms. The number of fused-ring (bicyclic) bond motifs is 1. The largest absolute Gasteiger partial charge is 0.448 e. The number of nitrogens with one attached hydrogen (secondary N) is 1. The molecule has 1 amide bonds. The smallest absolute Gasteiger partial charge is 0.349 e. The summed E-state index contributed by atoms with van der Waals surface area (Å²) in [6.45, 7) is 8.74. The number of esters is 1. The highest BCUT2D eigenvalue weighted by molar-refractivity contribution is 7.20. The lowest BCUT2D eigenvalue weighted by molar-refractivity contribution is -0.129. The summed E-state index contributed by atoms with van der Waals surface area (Å²) in [5.41, 5.74) is 3.23. The van der Waals surface area contributed by atoms with Gasteiger partial charge in [0, 0.05) is 11.9 Å². The third kappa shape index (κ3) is 4.42. The molecule has 0 aliphatic rings. The Hall–Kier alpha value is -2.67. The van der Waals surface area contributed by atoms with E-state index in [4.69, 9.17) is 4.74 Å². The van der Waals surface area contributed by atoms with Crippen LogP contribution in [0, 0.1) is 13.8 Å². The molecule has 0 aliphatic heterocycles. The fraction of sp³-hybridized carbons (Fsp3) is 0.381. The van der Waals surface area contributed by atoms with Crippen molar-refractivity contribution in [1.29, 1.82) is 0 Å². The lowest BCUT2D eigenvalue weighted by atomic mass is 10.1. The minimum atomic E-state index is -0.825. The quantitative estimate of drug-likeness (QED) is 0.613. The van der Waals surface area contributed by atoms with Crippen LogP contribution >= 0.6 is 11.3 Å². The summed E-state index contributed by atoms with van der Waals surface area (Å²) in [4.78, 5) is 25.8. The molecule has 0 unspecified atom stereocenters. The topological polar surface area (TPSA) is 73.2 Å². The van der Waals surface area contributed by atoms with Gasteiger partial charge in [0.25, 0.3) is 5.91 Å². The van der Waals surface area contributed by atoms with Crippen molar-refractivity contribution in [2.45, 2.75) is 46.8 Å². The van der Waals surface area contributed by atoms with Crippen molar-refractivity contribution in [3.05, 3.63) is 52.0 Å². The molecular formula is C21H25N3O3S. The van der Waals surface area contributed by atoms with E-state index in [9.17, 15) is 9.59 Å². The number of benzene rings is 1. The number of hydrogen-bond acceptors (Lipinski definition) is 5. The minimum absolute atomic E-state index is 0.280. The Morgan fingerprint density at radius 3 is 2.64 bits per heavy atom. The van der Waals surface area contributed by atoms with Gasteiger partial charge in [-0.3, -0.25) is 9.48 Å². The first-order valence-electron chi connectivity index (χ1n) is 9.40. The van der Waals surface area contributed by atoms with Gasteiger partial charge < -0.3 is 10.1 Å². The molecule has 148 valence electrons. The summed E-state index contributed by atoms with van der Waals surface area (Å²) in [5.74, 6) is -0.764. The van der Waals surface area contributed by atoms with Crippen molar-refractivity contribution in [3.8, 4) is 0 Å². The minimum Gasteiger partial charge on any atom is -0.448 e. The zero-order valence-electron chi connectivity index (χ0n) is 16.6. The van der Waals surface area contributed by atoms with Crippen LogP contribution in [0.3, 0.4) is 0 Å². The molecule has 3 rings (SSSR count). The molecule has 7 heteroatoms. The fourth-order valence-corrected chi connectivity index (χ4v) is 3.89. The second-order valence-electron chi connectivity index (χ2n) is 6.90. The molecule has 1 aromatic carbocycles. The number of nitrogens with zero attached hydrogens (tertiary/aromatic N) is 2. The number of rotatable bonds is 7. The van der Waals surface area contributed by atoms with E-state index in [1.807, 2.05) is 18.5 Å². The zero-order chi connectivity index (χ0) is 20.3. The third-order valence-corrected chi connectivity index (χ3v) is 5.59. The maximum atomic E-state index is 12.5. The van der Waals surface area contributed by atoms with Crippen LogP contribution in [0.1, 0.15) is 46.8 Å². The van der Waals surface area contributed by atoms with Gasteiger partial charge in [0.1, 0.15) is 9.71 Å². The first kappa shape index (κ1) is 20.1. The number of ether oxygens (including phenoxy) is 1. The Balaban J connectivity index is 1.77. The third-order valence-electron chi connectivity index (χ3n) is 4.46. The molecule has 6 nitrogen and oxygen atoms in total. The van der Waals surface area contributed by atoms with E-state index in [1.54, 1.807) is 13.0 Å². The number of carbonyl (C=O) groups is 2. The van der Waals surface area contributed by atoms with Crippen LogP contribution in [-0.4, -0.2) is 34.3 Å². The molecular weight excluding hydrogens is 374 g/mol. The highest BCUT2D eigenvalue weighted by atomic mass is 32.1. The Kier molecular flexibility index (Phi) is 6.14. The van der Waals surface area contributed by atoms with Crippen molar-refractivity contribution in [2.24, 2.45) is 0 Å². The van der Waals surface area contributed by atoms with Crippen LogP contribution in [0.5, 0.6) is 0 Å². The zero-order valence-corrected chi connectivity index (χ0v) is 17.4. The van der Waals surface area contributed by atoms with Crippen molar-refractivity contribution >= 4 is 33.4 Å². The summed E-state index contributed by atoms with van der Waals surface area (Å²) < 4.78 is 7.25. The second-order valence-corrected chi connectivity index (χ2v) is 7.93. The predicted molar refractivity (Wildman–Crippen MR) is 111 cm³/mol. The highest BCUT2D eigenvalue weighted by Crippen LogP contribution is 2.29. The van der Waals surface area contributed by atoms with Gasteiger partial charge in [-0.1, -0.05) is 36.8 Å². The first-order chi connectivity index (χ1) is 13.4. The van der Waals surface area contributed by atoms with Crippen LogP contribution in [0.15, 0.2) is 30.3 Å². The van der Waals surface area contributed by atoms with Gasteiger partial charge in [0.15, 0.2) is 6.10 Å². The van der Waals surface area contributed by atoms with Gasteiger partial charge in [0.2, 0.25) is 0 Å². The number of hydrogen-bond donors (Lipinski definition) is 1. The highest BCUT2D eigenvalue weighted by Gasteiger charge is 2.22. The Labute approximate surface area is 168 Å². The van der Waals surface area contributed by atoms with Gasteiger partial charge in [-0.2, -0.15) is 5.10 Å². The Morgan fingerprint density at radius 1 is 1.25 bits per heavy atom. The average Bonchev–Trinajstić information content (AvgIpc) is 3.23. The molecule has 0 aliphatic carbocycles. The van der Waals surface area contributed by atoms with E-state index in [-0.39, 0.29) is 5.91 Å². The Bertz CT molecular complexity index is 988. The molecule has 0 spiro atoms. The summed E-state index contributed by atoms with van der Waals surface area (Å²) in [6, 6.07) is 10.1. The van der Waals surface area contributed by atoms with E-state index in [2.05, 4.69) is 41.6 Å². The number of amides is 1. The van der Waals surface area contributed by atoms with Gasteiger partial charge in [-0.25, -0.2) is 4.79 Å². The van der Waals surface area contributed by atoms with E-state index in [1.165, 1.54) is 16.9 Å². The number of carbonyl (C=O) groups excluding carboxylic acids is 2. The molecule has 1 atom stereocenters. The molecule has 28 heavy (non-hydrogen) atoms. The lowest BCUT2D eigenvalue weighted by Crippen LogP contribution is -2.36. The lowest BCUT2D eigenvalue weighted by Gasteiger charge is -2.12. The molecule has 2 heterocycles. The molecule has 1 N–H and O–H groups in total. The molecule has 0 saturated heterocycles. The van der Waals surface area contributed by atoms with Crippen LogP contribution in [0.25, 0.3) is 10.2 Å². The monoisotopic (exact) mass is 399 g/mol. The van der Waals surface area contributed by atoms with Crippen molar-refractivity contribution < 1.29 is 14.3 Å². The molecule has 0 saturated carbocycles. The van der Waals surface area contributed by atoms with Crippen LogP contribution < -0.4 is 5.32 Å². The second kappa shape index (κ2) is 8.56. The van der Waals surface area contributed by atoms with Crippen molar-refractivity contribution in [2.75, 3.05) is 6.54 Å². The fourth-order valence-electron chi connectivity index (χ4n) is 2.85. The number of aromatic nitrogens is 2.